The van der Waals surface area contributed by atoms with Crippen LogP contribution in [0.25, 0.3) is 0 Å². The van der Waals surface area contributed by atoms with Crippen LogP contribution in [0.3, 0.4) is 0 Å². The maximum absolute atomic E-state index is 12.1. The first-order chi connectivity index (χ1) is 11.4. The smallest absolute Gasteiger partial charge is 0.267 e. The third-order valence-corrected chi connectivity index (χ3v) is 3.48. The molecule has 0 radical (unpaired) electrons. The molecule has 2 aromatic rings. The molecule has 0 aliphatic rings. The molecule has 7 heteroatoms. The number of aryl methyl sites for hydroxylation is 1. The monoisotopic (exact) mass is 342 g/mol. The Kier molecular flexibility index (Phi) is 5.30. The van der Waals surface area contributed by atoms with Gasteiger partial charge in [-0.3, -0.25) is 4.79 Å². The molecule has 0 aliphatic carbocycles. The number of nitrogens with one attached hydrogen (secondary N) is 2. The van der Waals surface area contributed by atoms with Crippen molar-refractivity contribution in [3.63, 3.8) is 0 Å². The van der Waals surface area contributed by atoms with Gasteiger partial charge in [-0.1, -0.05) is 17.7 Å². The molecule has 0 spiro atoms. The third-order valence-electron chi connectivity index (χ3n) is 3.15. The Morgan fingerprint density at radius 3 is 2.71 bits per heavy atom. The number of anilines is 3. The number of phenolic OH excluding ortho intramolecular Hbond substituents is 1. The number of phenols is 1. The minimum absolute atomic E-state index is 0.0225. The highest BCUT2D eigenvalue weighted by molar-refractivity contribution is 6.33. The van der Waals surface area contributed by atoms with Crippen LogP contribution >= 0.6 is 11.6 Å². The van der Waals surface area contributed by atoms with E-state index in [4.69, 9.17) is 22.6 Å². The topological polar surface area (TPSA) is 111 Å². The summed E-state index contributed by atoms with van der Waals surface area (Å²) >= 11 is 5.89. The molecule has 0 aromatic heterocycles. The predicted octanol–water partition coefficient (Wildman–Crippen LogP) is 3.39. The Morgan fingerprint density at radius 1 is 1.33 bits per heavy atom. The van der Waals surface area contributed by atoms with Gasteiger partial charge in [0.1, 0.15) is 17.4 Å². The van der Waals surface area contributed by atoms with Crippen LogP contribution < -0.4 is 16.4 Å². The number of rotatable bonds is 4. The summed E-state index contributed by atoms with van der Waals surface area (Å²) in [4.78, 5) is 12.1. The SMILES string of the molecule is Cc1ccc(N/C=C(/C#N)C(=O)Nc2ccc(N)c(Cl)c2)c(O)c1. The van der Waals surface area contributed by atoms with Crippen LogP contribution in [0.5, 0.6) is 5.75 Å². The molecule has 0 heterocycles. The van der Waals surface area contributed by atoms with Gasteiger partial charge in [-0.2, -0.15) is 5.26 Å². The second-order valence-electron chi connectivity index (χ2n) is 5.03. The van der Waals surface area contributed by atoms with Crippen molar-refractivity contribution in [2.75, 3.05) is 16.4 Å². The summed E-state index contributed by atoms with van der Waals surface area (Å²) in [6.45, 7) is 1.84. The highest BCUT2D eigenvalue weighted by Gasteiger charge is 2.10. The van der Waals surface area contributed by atoms with Gasteiger partial charge in [0.15, 0.2) is 0 Å². The summed E-state index contributed by atoms with van der Waals surface area (Å²) < 4.78 is 0. The van der Waals surface area contributed by atoms with Crippen molar-refractivity contribution in [3.05, 3.63) is 58.8 Å². The van der Waals surface area contributed by atoms with Gasteiger partial charge in [-0.05, 0) is 42.8 Å². The van der Waals surface area contributed by atoms with Gasteiger partial charge in [-0.15, -0.1) is 0 Å². The second-order valence-corrected chi connectivity index (χ2v) is 5.43. The van der Waals surface area contributed by atoms with E-state index < -0.39 is 5.91 Å². The van der Waals surface area contributed by atoms with E-state index in [0.717, 1.165) is 5.56 Å². The molecule has 0 unspecified atom stereocenters. The zero-order chi connectivity index (χ0) is 17.7. The summed E-state index contributed by atoms with van der Waals surface area (Å²) in [6.07, 6.45) is 1.22. The Labute approximate surface area is 144 Å². The molecule has 0 fully saturated rings. The number of benzene rings is 2. The average Bonchev–Trinajstić information content (AvgIpc) is 2.53. The molecule has 2 rings (SSSR count). The van der Waals surface area contributed by atoms with E-state index in [1.54, 1.807) is 36.4 Å². The van der Waals surface area contributed by atoms with E-state index in [1.807, 2.05) is 6.92 Å². The van der Waals surface area contributed by atoms with Gasteiger partial charge in [0, 0.05) is 11.9 Å². The van der Waals surface area contributed by atoms with E-state index in [0.29, 0.717) is 22.1 Å². The lowest BCUT2D eigenvalue weighted by Crippen LogP contribution is -2.14. The van der Waals surface area contributed by atoms with Crippen LogP contribution in [0.4, 0.5) is 17.1 Å². The first kappa shape index (κ1) is 17.2. The fourth-order valence-electron chi connectivity index (χ4n) is 1.87. The summed E-state index contributed by atoms with van der Waals surface area (Å²) in [5, 5.41) is 24.5. The van der Waals surface area contributed by atoms with Crippen LogP contribution in [-0.2, 0) is 4.79 Å². The Morgan fingerprint density at radius 2 is 2.08 bits per heavy atom. The summed E-state index contributed by atoms with van der Waals surface area (Å²) in [5.74, 6) is -0.591. The Bertz CT molecular complexity index is 856. The van der Waals surface area contributed by atoms with Gasteiger partial charge >= 0.3 is 0 Å². The maximum atomic E-state index is 12.1. The summed E-state index contributed by atoms with van der Waals surface area (Å²) in [6, 6.07) is 11.4. The molecule has 2 aromatic carbocycles. The van der Waals surface area contributed by atoms with E-state index in [9.17, 15) is 9.90 Å². The van der Waals surface area contributed by atoms with Gasteiger partial charge < -0.3 is 21.5 Å². The molecule has 0 bridgehead atoms. The van der Waals surface area contributed by atoms with E-state index in [2.05, 4.69) is 10.6 Å². The van der Waals surface area contributed by atoms with Crippen LogP contribution in [0, 0.1) is 18.3 Å². The van der Waals surface area contributed by atoms with E-state index >= 15 is 0 Å². The summed E-state index contributed by atoms with van der Waals surface area (Å²) in [7, 11) is 0. The quantitative estimate of drug-likeness (QED) is 0.294. The lowest BCUT2D eigenvalue weighted by Gasteiger charge is -2.08. The molecule has 0 saturated carbocycles. The highest BCUT2D eigenvalue weighted by Crippen LogP contribution is 2.25. The van der Waals surface area contributed by atoms with Crippen LogP contribution in [-0.4, -0.2) is 11.0 Å². The first-order valence-electron chi connectivity index (χ1n) is 6.93. The largest absolute Gasteiger partial charge is 0.506 e. The number of amides is 1. The predicted molar refractivity (Wildman–Crippen MR) is 94.7 cm³/mol. The Hall–Kier alpha value is -3.17. The molecule has 122 valence electrons. The number of aromatic hydroxyl groups is 1. The van der Waals surface area contributed by atoms with Crippen LogP contribution in [0.15, 0.2) is 48.2 Å². The van der Waals surface area contributed by atoms with Crippen molar-refractivity contribution in [3.8, 4) is 11.8 Å². The number of nitriles is 1. The van der Waals surface area contributed by atoms with Gasteiger partial charge in [0.25, 0.3) is 5.91 Å². The van der Waals surface area contributed by atoms with Crippen molar-refractivity contribution < 1.29 is 9.90 Å². The number of halogens is 1. The number of hydrogen-bond acceptors (Lipinski definition) is 5. The number of carbonyl (C=O) groups is 1. The lowest BCUT2D eigenvalue weighted by atomic mass is 10.2. The van der Waals surface area contributed by atoms with Crippen LogP contribution in [0.1, 0.15) is 5.56 Å². The zero-order valence-corrected chi connectivity index (χ0v) is 13.6. The number of carbonyl (C=O) groups excluding carboxylic acids is 1. The maximum Gasteiger partial charge on any atom is 0.267 e. The molecule has 0 aliphatic heterocycles. The standard InChI is InChI=1S/C17H15ClN4O2/c1-10-2-5-15(16(23)6-10)21-9-11(8-19)17(24)22-12-3-4-14(20)13(18)7-12/h2-7,9,21,23H,20H2,1H3,(H,22,24)/b11-9-. The first-order valence-corrected chi connectivity index (χ1v) is 7.31. The zero-order valence-electron chi connectivity index (χ0n) is 12.8. The number of hydrogen-bond donors (Lipinski definition) is 4. The molecule has 0 saturated heterocycles. The normalized spacial score (nSPS) is 10.8. The van der Waals surface area contributed by atoms with E-state index in [-0.39, 0.29) is 11.3 Å². The number of nitrogen functional groups attached to an aromatic ring is 1. The fraction of sp³-hybridized carbons (Fsp3) is 0.0588. The molecule has 1 amide bonds. The van der Waals surface area contributed by atoms with Crippen molar-refractivity contribution in [1.82, 2.24) is 0 Å². The van der Waals surface area contributed by atoms with Crippen molar-refractivity contribution in [2.24, 2.45) is 0 Å². The Balaban J connectivity index is 2.13. The van der Waals surface area contributed by atoms with Crippen molar-refractivity contribution >= 4 is 34.6 Å². The fourth-order valence-corrected chi connectivity index (χ4v) is 2.05. The molecule has 5 N–H and O–H groups in total. The molecular formula is C17H15ClN4O2. The third kappa shape index (κ3) is 4.18. The van der Waals surface area contributed by atoms with Crippen LogP contribution in [0.2, 0.25) is 5.02 Å². The van der Waals surface area contributed by atoms with Gasteiger partial charge in [0.2, 0.25) is 0 Å². The lowest BCUT2D eigenvalue weighted by molar-refractivity contribution is -0.112. The second kappa shape index (κ2) is 7.40. The minimum Gasteiger partial charge on any atom is -0.506 e. The van der Waals surface area contributed by atoms with Gasteiger partial charge in [0.05, 0.1) is 16.4 Å². The van der Waals surface area contributed by atoms with E-state index in [1.165, 1.54) is 12.3 Å². The molecule has 24 heavy (non-hydrogen) atoms. The minimum atomic E-state index is -0.613. The summed E-state index contributed by atoms with van der Waals surface area (Å²) in [5.41, 5.74) is 7.52. The molecule has 6 nitrogen and oxygen atoms in total. The highest BCUT2D eigenvalue weighted by atomic mass is 35.5. The van der Waals surface area contributed by atoms with Crippen molar-refractivity contribution in [1.29, 1.82) is 5.26 Å². The number of nitrogens with zero attached hydrogens (tertiary/aromatic N) is 1. The average molecular weight is 343 g/mol. The number of nitrogens with two attached hydrogens (primary N) is 1. The molecular weight excluding hydrogens is 328 g/mol. The van der Waals surface area contributed by atoms with Crippen molar-refractivity contribution in [2.45, 2.75) is 6.92 Å². The van der Waals surface area contributed by atoms with Gasteiger partial charge in [-0.25, -0.2) is 0 Å². The molecule has 0 atom stereocenters.